The minimum Gasteiger partial charge on any atom is -0.271 e. The molecule has 3 heteroatoms. The summed E-state index contributed by atoms with van der Waals surface area (Å²) >= 11 is 0. The van der Waals surface area contributed by atoms with Crippen LogP contribution in [0.3, 0.4) is 0 Å². The summed E-state index contributed by atoms with van der Waals surface area (Å²) in [7, 11) is 0. The van der Waals surface area contributed by atoms with Gasteiger partial charge in [-0.2, -0.15) is 0 Å². The number of terminal acetylenes is 1. The lowest BCUT2D eigenvalue weighted by molar-refractivity contribution is 0.0600. The van der Waals surface area contributed by atoms with Crippen LogP contribution >= 0.6 is 0 Å². The van der Waals surface area contributed by atoms with Crippen LogP contribution < -0.4 is 0 Å². The van der Waals surface area contributed by atoms with E-state index in [9.17, 15) is 9.59 Å². The second-order valence-corrected chi connectivity index (χ2v) is 3.78. The maximum atomic E-state index is 12.0. The Bertz CT molecular complexity index is 464. The number of hydrogen-bond acceptors (Lipinski definition) is 2. The summed E-state index contributed by atoms with van der Waals surface area (Å²) in [4.78, 5) is 25.2. The van der Waals surface area contributed by atoms with Crippen LogP contribution in [0.4, 0.5) is 0 Å². The number of imide groups is 1. The van der Waals surface area contributed by atoms with Crippen molar-refractivity contribution in [2.45, 2.75) is 19.4 Å². The summed E-state index contributed by atoms with van der Waals surface area (Å²) in [5.41, 5.74) is 0.938. The van der Waals surface area contributed by atoms with Crippen LogP contribution in [0.5, 0.6) is 0 Å². The molecule has 2 amide bonds. The summed E-state index contributed by atoms with van der Waals surface area (Å²) in [6, 6.07) is 6.58. The molecular weight excluding hydrogens is 202 g/mol. The second kappa shape index (κ2) is 3.82. The highest BCUT2D eigenvalue weighted by atomic mass is 16.2. The fourth-order valence-electron chi connectivity index (χ4n) is 1.87. The zero-order valence-corrected chi connectivity index (χ0v) is 8.93. The van der Waals surface area contributed by atoms with E-state index in [-0.39, 0.29) is 17.9 Å². The number of fused-ring (bicyclic) bond motifs is 1. The van der Waals surface area contributed by atoms with Gasteiger partial charge in [0.25, 0.3) is 11.8 Å². The molecule has 1 aromatic carbocycles. The van der Waals surface area contributed by atoms with Crippen LogP contribution in [0.25, 0.3) is 0 Å². The topological polar surface area (TPSA) is 37.4 Å². The van der Waals surface area contributed by atoms with Crippen molar-refractivity contribution in [3.63, 3.8) is 0 Å². The summed E-state index contributed by atoms with van der Waals surface area (Å²) in [5, 5.41) is 0. The van der Waals surface area contributed by atoms with Gasteiger partial charge in [0.2, 0.25) is 0 Å². The number of carbonyl (C=O) groups is 2. The Labute approximate surface area is 94.1 Å². The highest BCUT2D eigenvalue weighted by molar-refractivity contribution is 6.21. The Morgan fingerprint density at radius 3 is 2.19 bits per heavy atom. The molecule has 0 bridgehead atoms. The van der Waals surface area contributed by atoms with E-state index in [1.807, 2.05) is 0 Å². The zero-order chi connectivity index (χ0) is 11.7. The van der Waals surface area contributed by atoms with Crippen molar-refractivity contribution in [1.82, 2.24) is 4.90 Å². The van der Waals surface area contributed by atoms with E-state index >= 15 is 0 Å². The Kier molecular flexibility index (Phi) is 2.49. The molecule has 2 rings (SSSR count). The SMILES string of the molecule is C#CCC(C)N1C(=O)c2ccccc2C1=O. The molecule has 1 aliphatic heterocycles. The molecule has 1 unspecified atom stereocenters. The third kappa shape index (κ3) is 1.40. The average molecular weight is 213 g/mol. The number of rotatable bonds is 2. The van der Waals surface area contributed by atoms with E-state index in [1.165, 1.54) is 4.90 Å². The van der Waals surface area contributed by atoms with Crippen molar-refractivity contribution in [3.8, 4) is 12.3 Å². The van der Waals surface area contributed by atoms with Gasteiger partial charge in [0, 0.05) is 12.5 Å². The van der Waals surface area contributed by atoms with Crippen LogP contribution in [0.2, 0.25) is 0 Å². The summed E-state index contributed by atoms with van der Waals surface area (Å²) in [6.07, 6.45) is 5.57. The van der Waals surface area contributed by atoms with Gasteiger partial charge in [-0.15, -0.1) is 12.3 Å². The van der Waals surface area contributed by atoms with Gasteiger partial charge in [0.1, 0.15) is 0 Å². The van der Waals surface area contributed by atoms with E-state index in [1.54, 1.807) is 31.2 Å². The van der Waals surface area contributed by atoms with E-state index in [4.69, 9.17) is 6.42 Å². The highest BCUT2D eigenvalue weighted by Crippen LogP contribution is 2.24. The maximum absolute atomic E-state index is 12.0. The molecule has 0 spiro atoms. The molecule has 0 saturated carbocycles. The molecule has 80 valence electrons. The molecule has 0 fully saturated rings. The van der Waals surface area contributed by atoms with Crippen molar-refractivity contribution < 1.29 is 9.59 Å². The van der Waals surface area contributed by atoms with Gasteiger partial charge in [0.15, 0.2) is 0 Å². The average Bonchev–Trinajstić information content (AvgIpc) is 2.53. The van der Waals surface area contributed by atoms with Crippen molar-refractivity contribution in [3.05, 3.63) is 35.4 Å². The van der Waals surface area contributed by atoms with E-state index in [0.29, 0.717) is 17.5 Å². The minimum absolute atomic E-state index is 0.247. The molecular formula is C13H11NO2. The zero-order valence-electron chi connectivity index (χ0n) is 8.93. The number of carbonyl (C=O) groups excluding carboxylic acids is 2. The van der Waals surface area contributed by atoms with Crippen LogP contribution in [-0.2, 0) is 0 Å². The fourth-order valence-corrected chi connectivity index (χ4v) is 1.87. The third-order valence-corrected chi connectivity index (χ3v) is 2.68. The number of benzene rings is 1. The van der Waals surface area contributed by atoms with Crippen LogP contribution in [0.15, 0.2) is 24.3 Å². The van der Waals surface area contributed by atoms with E-state index in [0.717, 1.165) is 0 Å². The Morgan fingerprint density at radius 2 is 1.75 bits per heavy atom. The van der Waals surface area contributed by atoms with Gasteiger partial charge in [-0.3, -0.25) is 14.5 Å². The Morgan fingerprint density at radius 1 is 1.25 bits per heavy atom. The Balaban J connectivity index is 2.39. The number of nitrogens with zero attached hydrogens (tertiary/aromatic N) is 1. The molecule has 0 aromatic heterocycles. The molecule has 16 heavy (non-hydrogen) atoms. The predicted octanol–water partition coefficient (Wildman–Crippen LogP) is 1.69. The first-order valence-corrected chi connectivity index (χ1v) is 5.07. The molecule has 0 radical (unpaired) electrons. The van der Waals surface area contributed by atoms with Crippen LogP contribution in [0, 0.1) is 12.3 Å². The smallest absolute Gasteiger partial charge is 0.261 e. The van der Waals surface area contributed by atoms with Gasteiger partial charge in [-0.25, -0.2) is 0 Å². The predicted molar refractivity (Wildman–Crippen MR) is 59.9 cm³/mol. The van der Waals surface area contributed by atoms with E-state index < -0.39 is 0 Å². The lowest BCUT2D eigenvalue weighted by atomic mass is 10.1. The normalized spacial score (nSPS) is 15.9. The highest BCUT2D eigenvalue weighted by Gasteiger charge is 2.37. The largest absolute Gasteiger partial charge is 0.271 e. The van der Waals surface area contributed by atoms with Gasteiger partial charge in [-0.05, 0) is 19.1 Å². The number of hydrogen-bond donors (Lipinski definition) is 0. The minimum atomic E-state index is -0.252. The lowest BCUT2D eigenvalue weighted by Gasteiger charge is -2.20. The fraction of sp³-hybridized carbons (Fsp3) is 0.231. The summed E-state index contributed by atoms with van der Waals surface area (Å²) in [6.45, 7) is 1.78. The lowest BCUT2D eigenvalue weighted by Crippen LogP contribution is -2.37. The first-order chi connectivity index (χ1) is 7.66. The molecule has 1 aromatic rings. The van der Waals surface area contributed by atoms with Crippen molar-refractivity contribution in [2.75, 3.05) is 0 Å². The number of amides is 2. The second-order valence-electron chi connectivity index (χ2n) is 3.78. The van der Waals surface area contributed by atoms with Gasteiger partial charge < -0.3 is 0 Å². The molecule has 1 aliphatic rings. The molecule has 0 N–H and O–H groups in total. The summed E-state index contributed by atoms with van der Waals surface area (Å²) < 4.78 is 0. The van der Waals surface area contributed by atoms with Gasteiger partial charge >= 0.3 is 0 Å². The van der Waals surface area contributed by atoms with Crippen LogP contribution in [0.1, 0.15) is 34.1 Å². The first kappa shape index (κ1) is 10.4. The maximum Gasteiger partial charge on any atom is 0.261 e. The third-order valence-electron chi connectivity index (χ3n) is 2.68. The quantitative estimate of drug-likeness (QED) is 0.554. The standard InChI is InChI=1S/C13H11NO2/c1-3-6-9(2)14-12(15)10-7-4-5-8-11(10)13(14)16/h1,4-5,7-9H,6H2,2H3. The molecule has 3 nitrogen and oxygen atoms in total. The molecule has 1 heterocycles. The van der Waals surface area contributed by atoms with Gasteiger partial charge in [0.05, 0.1) is 11.1 Å². The van der Waals surface area contributed by atoms with Crippen molar-refractivity contribution >= 4 is 11.8 Å². The van der Waals surface area contributed by atoms with Crippen LogP contribution in [-0.4, -0.2) is 22.8 Å². The van der Waals surface area contributed by atoms with E-state index in [2.05, 4.69) is 5.92 Å². The first-order valence-electron chi connectivity index (χ1n) is 5.07. The summed E-state index contributed by atoms with van der Waals surface area (Å²) in [5.74, 6) is 1.97. The van der Waals surface area contributed by atoms with Crippen molar-refractivity contribution in [2.24, 2.45) is 0 Å². The molecule has 0 saturated heterocycles. The monoisotopic (exact) mass is 213 g/mol. The Hall–Kier alpha value is -2.08. The molecule has 1 atom stereocenters. The van der Waals surface area contributed by atoms with Crippen molar-refractivity contribution in [1.29, 1.82) is 0 Å². The van der Waals surface area contributed by atoms with Gasteiger partial charge in [-0.1, -0.05) is 12.1 Å². The molecule has 0 aliphatic carbocycles.